The van der Waals surface area contributed by atoms with E-state index in [2.05, 4.69) is 30.9 Å². The van der Waals surface area contributed by atoms with Gasteiger partial charge in [-0.1, -0.05) is 44.2 Å². The number of nitrogens with zero attached hydrogens (tertiary/aromatic N) is 1. The van der Waals surface area contributed by atoms with Crippen LogP contribution in [0.25, 0.3) is 0 Å². The first-order chi connectivity index (χ1) is 15.2. The summed E-state index contributed by atoms with van der Waals surface area (Å²) in [7, 11) is 0. The van der Waals surface area contributed by atoms with Crippen molar-refractivity contribution in [1.29, 1.82) is 0 Å². The molecule has 6 heteroatoms. The lowest BCUT2D eigenvalue weighted by Gasteiger charge is -2.33. The molecule has 0 radical (unpaired) electrons. The Labute approximate surface area is 190 Å². The Morgan fingerprint density at radius 3 is 2.53 bits per heavy atom. The number of aliphatic carboxylic acids is 1. The van der Waals surface area contributed by atoms with Gasteiger partial charge < -0.3 is 19.5 Å². The number of carboxylic acids is 1. The van der Waals surface area contributed by atoms with Crippen LogP contribution in [0.2, 0.25) is 0 Å². The lowest BCUT2D eigenvalue weighted by Crippen LogP contribution is -2.39. The van der Waals surface area contributed by atoms with Crippen LogP contribution in [0.15, 0.2) is 48.5 Å². The van der Waals surface area contributed by atoms with Crippen LogP contribution in [0.4, 0.5) is 5.69 Å². The number of carbonyl (C=O) groups is 2. The molecule has 6 nitrogen and oxygen atoms in total. The molecule has 1 fully saturated rings. The predicted molar refractivity (Wildman–Crippen MR) is 124 cm³/mol. The molecule has 2 aromatic carbocycles. The number of carbonyl (C=O) groups excluding carboxylic acids is 1. The molecule has 0 aliphatic carbocycles. The first kappa shape index (κ1) is 23.6. The standard InChI is InChI=1S/C26H33NO5/c1-18(2)20-12-10-19(11-13-20)17-31-24(28)21-7-6-14-27(16-21)22-8-5-9-23(15-22)32-26(3,4)25(29)30/h5,8-13,15,18,21H,6-7,14,16-17H2,1-4H3,(H,29,30)/t21-/m1/s1. The second-order valence-electron chi connectivity index (χ2n) is 9.20. The Morgan fingerprint density at radius 2 is 1.88 bits per heavy atom. The van der Waals surface area contributed by atoms with Crippen LogP contribution in [-0.2, 0) is 20.9 Å². The van der Waals surface area contributed by atoms with E-state index in [0.29, 0.717) is 18.2 Å². The number of anilines is 1. The van der Waals surface area contributed by atoms with Crippen molar-refractivity contribution < 1.29 is 24.2 Å². The molecular formula is C26H33NO5. The lowest BCUT2D eigenvalue weighted by molar-refractivity contribution is -0.152. The van der Waals surface area contributed by atoms with Crippen LogP contribution < -0.4 is 9.64 Å². The van der Waals surface area contributed by atoms with E-state index < -0.39 is 11.6 Å². The van der Waals surface area contributed by atoms with E-state index in [-0.39, 0.29) is 18.5 Å². The molecule has 32 heavy (non-hydrogen) atoms. The van der Waals surface area contributed by atoms with Crippen molar-refractivity contribution in [3.63, 3.8) is 0 Å². The monoisotopic (exact) mass is 439 g/mol. The Hall–Kier alpha value is -3.02. The van der Waals surface area contributed by atoms with Gasteiger partial charge in [-0.2, -0.15) is 0 Å². The molecule has 1 aliphatic rings. The van der Waals surface area contributed by atoms with Crippen molar-refractivity contribution in [3.8, 4) is 5.75 Å². The molecule has 172 valence electrons. The Balaban J connectivity index is 1.59. The Bertz CT molecular complexity index is 935. The lowest BCUT2D eigenvalue weighted by atomic mass is 9.97. The van der Waals surface area contributed by atoms with Gasteiger partial charge in [0.05, 0.1) is 5.92 Å². The summed E-state index contributed by atoms with van der Waals surface area (Å²) in [5.41, 5.74) is 1.84. The zero-order chi connectivity index (χ0) is 23.3. The van der Waals surface area contributed by atoms with Crippen molar-refractivity contribution >= 4 is 17.6 Å². The number of esters is 1. The van der Waals surface area contributed by atoms with E-state index in [0.717, 1.165) is 30.6 Å². The van der Waals surface area contributed by atoms with E-state index in [1.54, 1.807) is 6.07 Å². The van der Waals surface area contributed by atoms with Crippen LogP contribution in [0, 0.1) is 5.92 Å². The van der Waals surface area contributed by atoms with Crippen LogP contribution in [0.1, 0.15) is 57.6 Å². The molecule has 1 saturated heterocycles. The second-order valence-corrected chi connectivity index (χ2v) is 9.20. The van der Waals surface area contributed by atoms with Gasteiger partial charge in [-0.3, -0.25) is 4.79 Å². The summed E-state index contributed by atoms with van der Waals surface area (Å²) >= 11 is 0. The number of ether oxygens (including phenoxy) is 2. The van der Waals surface area contributed by atoms with Crippen molar-refractivity contribution in [1.82, 2.24) is 0 Å². The third-order valence-electron chi connectivity index (χ3n) is 5.85. The molecule has 3 rings (SSSR count). The van der Waals surface area contributed by atoms with Crippen LogP contribution in [-0.4, -0.2) is 35.7 Å². The van der Waals surface area contributed by atoms with Crippen molar-refractivity contribution in [2.75, 3.05) is 18.0 Å². The van der Waals surface area contributed by atoms with E-state index in [1.807, 2.05) is 30.3 Å². The highest BCUT2D eigenvalue weighted by molar-refractivity contribution is 5.77. The van der Waals surface area contributed by atoms with Crippen LogP contribution in [0.3, 0.4) is 0 Å². The minimum Gasteiger partial charge on any atom is -0.478 e. The molecule has 1 heterocycles. The van der Waals surface area contributed by atoms with E-state index in [1.165, 1.54) is 19.4 Å². The predicted octanol–water partition coefficient (Wildman–Crippen LogP) is 5.01. The first-order valence-electron chi connectivity index (χ1n) is 11.2. The maximum Gasteiger partial charge on any atom is 0.347 e. The van der Waals surface area contributed by atoms with Gasteiger partial charge in [-0.05, 0) is 55.9 Å². The summed E-state index contributed by atoms with van der Waals surface area (Å²) in [5, 5.41) is 9.30. The molecule has 2 aromatic rings. The van der Waals surface area contributed by atoms with Crippen molar-refractivity contribution in [2.24, 2.45) is 5.92 Å². The fourth-order valence-corrected chi connectivity index (χ4v) is 3.76. The molecule has 0 bridgehead atoms. The fourth-order valence-electron chi connectivity index (χ4n) is 3.76. The largest absolute Gasteiger partial charge is 0.478 e. The Morgan fingerprint density at radius 1 is 1.16 bits per heavy atom. The van der Waals surface area contributed by atoms with Crippen LogP contribution in [0.5, 0.6) is 5.75 Å². The molecule has 0 spiro atoms. The van der Waals surface area contributed by atoms with Gasteiger partial charge in [0.1, 0.15) is 12.4 Å². The smallest absolute Gasteiger partial charge is 0.347 e. The van der Waals surface area contributed by atoms with Gasteiger partial charge in [-0.25, -0.2) is 4.79 Å². The number of hydrogen-bond donors (Lipinski definition) is 1. The number of hydrogen-bond acceptors (Lipinski definition) is 5. The number of rotatable bonds is 8. The highest BCUT2D eigenvalue weighted by Crippen LogP contribution is 2.29. The number of piperidine rings is 1. The van der Waals surface area contributed by atoms with Gasteiger partial charge in [-0.15, -0.1) is 0 Å². The van der Waals surface area contributed by atoms with E-state index in [4.69, 9.17) is 9.47 Å². The third kappa shape index (κ3) is 6.02. The minimum absolute atomic E-state index is 0.179. The second kappa shape index (κ2) is 10.1. The molecule has 1 aliphatic heterocycles. The number of carboxylic acid groups (broad SMARTS) is 1. The van der Waals surface area contributed by atoms with Crippen molar-refractivity contribution in [2.45, 2.75) is 58.7 Å². The normalized spacial score (nSPS) is 16.7. The van der Waals surface area contributed by atoms with Crippen molar-refractivity contribution in [3.05, 3.63) is 59.7 Å². The van der Waals surface area contributed by atoms with Gasteiger partial charge >= 0.3 is 11.9 Å². The summed E-state index contributed by atoms with van der Waals surface area (Å²) in [6.45, 7) is 9.01. The molecule has 0 aromatic heterocycles. The SMILES string of the molecule is CC(C)c1ccc(COC(=O)[C@@H]2CCCN(c3cccc(OC(C)(C)C(=O)O)c3)C2)cc1. The quantitative estimate of drug-likeness (QED) is 0.583. The topological polar surface area (TPSA) is 76.1 Å². The summed E-state index contributed by atoms with van der Waals surface area (Å²) in [4.78, 5) is 26.2. The summed E-state index contributed by atoms with van der Waals surface area (Å²) < 4.78 is 11.3. The molecule has 0 amide bonds. The van der Waals surface area contributed by atoms with Gasteiger partial charge in [0.2, 0.25) is 0 Å². The van der Waals surface area contributed by atoms with Gasteiger partial charge in [0.15, 0.2) is 5.60 Å². The number of benzene rings is 2. The maximum atomic E-state index is 12.7. The molecule has 0 saturated carbocycles. The summed E-state index contributed by atoms with van der Waals surface area (Å²) in [6, 6.07) is 15.5. The molecular weight excluding hydrogens is 406 g/mol. The van der Waals surface area contributed by atoms with E-state index in [9.17, 15) is 14.7 Å². The first-order valence-corrected chi connectivity index (χ1v) is 11.2. The van der Waals surface area contributed by atoms with Gasteiger partial charge in [0, 0.05) is 24.8 Å². The fraction of sp³-hybridized carbons (Fsp3) is 0.462. The maximum absolute atomic E-state index is 12.7. The molecule has 1 atom stereocenters. The Kier molecular flexibility index (Phi) is 7.44. The minimum atomic E-state index is -1.32. The van der Waals surface area contributed by atoms with Crippen LogP contribution >= 0.6 is 0 Å². The zero-order valence-corrected chi connectivity index (χ0v) is 19.3. The molecule has 0 unspecified atom stereocenters. The van der Waals surface area contributed by atoms with E-state index >= 15 is 0 Å². The summed E-state index contributed by atoms with van der Waals surface area (Å²) in [6.07, 6.45) is 1.68. The summed E-state index contributed by atoms with van der Waals surface area (Å²) in [5.74, 6) is -0.438. The zero-order valence-electron chi connectivity index (χ0n) is 19.3. The highest BCUT2D eigenvalue weighted by Gasteiger charge is 2.30. The average molecular weight is 440 g/mol. The highest BCUT2D eigenvalue weighted by atomic mass is 16.5. The van der Waals surface area contributed by atoms with Gasteiger partial charge in [0.25, 0.3) is 0 Å². The third-order valence-corrected chi connectivity index (χ3v) is 5.85. The average Bonchev–Trinajstić information content (AvgIpc) is 2.77. The molecule has 1 N–H and O–H groups in total.